The number of likely N-dealkylation sites (tertiary alicyclic amines) is 1. The maximum Gasteiger partial charge on any atom is 0.317 e. The molecule has 2 saturated heterocycles. The first kappa shape index (κ1) is 20.7. The summed E-state index contributed by atoms with van der Waals surface area (Å²) in [7, 11) is 3.24. The van der Waals surface area contributed by atoms with E-state index in [1.165, 1.54) is 6.42 Å². The number of morpholine rings is 1. The molecular weight excluding hydrogens is 358 g/mol. The molecule has 3 rings (SSSR count). The van der Waals surface area contributed by atoms with Crippen LogP contribution in [0.2, 0.25) is 0 Å². The van der Waals surface area contributed by atoms with Crippen LogP contribution >= 0.6 is 0 Å². The molecule has 7 heteroatoms. The number of nitrogens with one attached hydrogen (secondary N) is 1. The lowest BCUT2D eigenvalue weighted by Gasteiger charge is -2.37. The Morgan fingerprint density at radius 2 is 2.00 bits per heavy atom. The molecule has 0 bridgehead atoms. The molecule has 0 aromatic heterocycles. The number of rotatable bonds is 7. The summed E-state index contributed by atoms with van der Waals surface area (Å²) in [6.07, 6.45) is 4.38. The van der Waals surface area contributed by atoms with Gasteiger partial charge in [-0.25, -0.2) is 4.79 Å². The standard InChI is InChI=1S/C21H33N3O4/c1-26-19-8-5-6-17(20(19)27-2)16-22-21(25)24-10-4-3-7-18(24)9-11-23-12-14-28-15-13-23/h5-6,8,18H,3-4,7,9-16H2,1-2H3,(H,22,25). The molecule has 1 aromatic carbocycles. The number of urea groups is 1. The predicted molar refractivity (Wildman–Crippen MR) is 108 cm³/mol. The van der Waals surface area contributed by atoms with Crippen LogP contribution in [0.3, 0.4) is 0 Å². The highest BCUT2D eigenvalue weighted by atomic mass is 16.5. The van der Waals surface area contributed by atoms with Crippen LogP contribution in [0.15, 0.2) is 18.2 Å². The average Bonchev–Trinajstić information content (AvgIpc) is 2.76. The van der Waals surface area contributed by atoms with Gasteiger partial charge in [-0.1, -0.05) is 12.1 Å². The number of hydrogen-bond acceptors (Lipinski definition) is 5. The summed E-state index contributed by atoms with van der Waals surface area (Å²) in [5, 5.41) is 3.08. The minimum absolute atomic E-state index is 0.0107. The van der Waals surface area contributed by atoms with E-state index in [-0.39, 0.29) is 6.03 Å². The number of nitrogens with zero attached hydrogens (tertiary/aromatic N) is 2. The lowest BCUT2D eigenvalue weighted by atomic mass is 9.99. The summed E-state index contributed by atoms with van der Waals surface area (Å²) in [5.74, 6) is 1.35. The van der Waals surface area contributed by atoms with Crippen molar-refractivity contribution in [2.45, 2.75) is 38.3 Å². The first-order valence-electron chi connectivity index (χ1n) is 10.3. The van der Waals surface area contributed by atoms with E-state index in [4.69, 9.17) is 14.2 Å². The molecule has 1 N–H and O–H groups in total. The van der Waals surface area contributed by atoms with Crippen molar-refractivity contribution >= 4 is 6.03 Å². The van der Waals surface area contributed by atoms with E-state index in [1.54, 1.807) is 14.2 Å². The van der Waals surface area contributed by atoms with E-state index >= 15 is 0 Å². The average molecular weight is 392 g/mol. The highest BCUT2D eigenvalue weighted by Crippen LogP contribution is 2.30. The van der Waals surface area contributed by atoms with Gasteiger partial charge in [0.15, 0.2) is 11.5 Å². The number of carbonyl (C=O) groups excluding carboxylic acids is 1. The van der Waals surface area contributed by atoms with E-state index in [2.05, 4.69) is 10.2 Å². The molecule has 7 nitrogen and oxygen atoms in total. The summed E-state index contributed by atoms with van der Waals surface area (Å²) >= 11 is 0. The molecule has 156 valence electrons. The number of carbonyl (C=O) groups is 1. The van der Waals surface area contributed by atoms with Gasteiger partial charge in [0.05, 0.1) is 27.4 Å². The van der Waals surface area contributed by atoms with Crippen LogP contribution in [-0.2, 0) is 11.3 Å². The van der Waals surface area contributed by atoms with Crippen molar-refractivity contribution in [2.24, 2.45) is 0 Å². The van der Waals surface area contributed by atoms with Crippen LogP contribution in [0, 0.1) is 0 Å². The van der Waals surface area contributed by atoms with Gasteiger partial charge in [-0.2, -0.15) is 0 Å². The van der Waals surface area contributed by atoms with E-state index in [0.717, 1.165) is 64.2 Å². The molecule has 0 aliphatic carbocycles. The SMILES string of the molecule is COc1cccc(CNC(=O)N2CCCCC2CCN2CCOCC2)c1OC. The topological polar surface area (TPSA) is 63.3 Å². The third-order valence-corrected chi connectivity index (χ3v) is 5.68. The molecule has 2 aliphatic rings. The fourth-order valence-electron chi connectivity index (χ4n) is 4.09. The summed E-state index contributed by atoms with van der Waals surface area (Å²) in [6.45, 7) is 5.90. The smallest absolute Gasteiger partial charge is 0.317 e. The fraction of sp³-hybridized carbons (Fsp3) is 0.667. The first-order valence-corrected chi connectivity index (χ1v) is 10.3. The number of benzene rings is 1. The molecule has 0 spiro atoms. The molecule has 2 heterocycles. The molecule has 0 radical (unpaired) electrons. The van der Waals surface area contributed by atoms with Crippen LogP contribution in [0.4, 0.5) is 4.79 Å². The fourth-order valence-corrected chi connectivity index (χ4v) is 4.09. The quantitative estimate of drug-likeness (QED) is 0.774. The van der Waals surface area contributed by atoms with Crippen molar-refractivity contribution in [3.63, 3.8) is 0 Å². The highest BCUT2D eigenvalue weighted by molar-refractivity contribution is 5.74. The van der Waals surface area contributed by atoms with Gasteiger partial charge in [-0.3, -0.25) is 4.90 Å². The van der Waals surface area contributed by atoms with Gasteiger partial charge in [-0.15, -0.1) is 0 Å². The van der Waals surface area contributed by atoms with Gasteiger partial charge in [0.2, 0.25) is 0 Å². The van der Waals surface area contributed by atoms with E-state index in [9.17, 15) is 4.79 Å². The lowest BCUT2D eigenvalue weighted by molar-refractivity contribution is 0.0326. The largest absolute Gasteiger partial charge is 0.493 e. The van der Waals surface area contributed by atoms with Gasteiger partial charge in [-0.05, 0) is 31.7 Å². The van der Waals surface area contributed by atoms with Crippen molar-refractivity contribution in [2.75, 3.05) is 53.6 Å². The van der Waals surface area contributed by atoms with Crippen LogP contribution < -0.4 is 14.8 Å². The number of methoxy groups -OCH3 is 2. The molecule has 2 amide bonds. The summed E-state index contributed by atoms with van der Waals surface area (Å²) in [4.78, 5) is 17.4. The molecule has 2 aliphatic heterocycles. The Balaban J connectivity index is 1.55. The maximum absolute atomic E-state index is 12.9. The maximum atomic E-state index is 12.9. The highest BCUT2D eigenvalue weighted by Gasteiger charge is 2.27. The normalized spacial score (nSPS) is 20.6. The Bertz CT molecular complexity index is 634. The third-order valence-electron chi connectivity index (χ3n) is 5.68. The zero-order chi connectivity index (χ0) is 19.8. The van der Waals surface area contributed by atoms with Crippen molar-refractivity contribution in [1.82, 2.24) is 15.1 Å². The third kappa shape index (κ3) is 5.29. The van der Waals surface area contributed by atoms with Gasteiger partial charge in [0.25, 0.3) is 0 Å². The van der Waals surface area contributed by atoms with E-state index < -0.39 is 0 Å². The first-order chi connectivity index (χ1) is 13.7. The van der Waals surface area contributed by atoms with Crippen molar-refractivity contribution < 1.29 is 19.0 Å². The second kappa shape index (κ2) is 10.5. The zero-order valence-corrected chi connectivity index (χ0v) is 17.1. The number of piperidine rings is 1. The number of ether oxygens (including phenoxy) is 3. The minimum atomic E-state index is 0.0107. The van der Waals surface area contributed by atoms with Gasteiger partial charge >= 0.3 is 6.03 Å². The van der Waals surface area contributed by atoms with Crippen molar-refractivity contribution in [1.29, 1.82) is 0 Å². The molecule has 1 aromatic rings. The number of hydrogen-bond donors (Lipinski definition) is 1. The molecular formula is C21H33N3O4. The van der Waals surface area contributed by atoms with Gasteiger partial charge < -0.3 is 24.4 Å². The number of para-hydroxylation sites is 1. The Morgan fingerprint density at radius 1 is 1.18 bits per heavy atom. The Labute approximate surface area is 167 Å². The summed E-state index contributed by atoms with van der Waals surface area (Å²) in [6, 6.07) is 6.04. The van der Waals surface area contributed by atoms with Gasteiger partial charge in [0, 0.05) is 44.3 Å². The van der Waals surface area contributed by atoms with E-state index in [0.29, 0.717) is 24.1 Å². The Morgan fingerprint density at radius 3 is 2.75 bits per heavy atom. The van der Waals surface area contributed by atoms with Crippen LogP contribution in [0.25, 0.3) is 0 Å². The lowest BCUT2D eigenvalue weighted by Crippen LogP contribution is -2.50. The molecule has 0 saturated carbocycles. The Hall–Kier alpha value is -1.99. The van der Waals surface area contributed by atoms with Crippen LogP contribution in [0.5, 0.6) is 11.5 Å². The number of amides is 2. The molecule has 2 fully saturated rings. The predicted octanol–water partition coefficient (Wildman–Crippen LogP) is 2.49. The van der Waals surface area contributed by atoms with Crippen LogP contribution in [-0.4, -0.2) is 75.5 Å². The zero-order valence-electron chi connectivity index (χ0n) is 17.1. The minimum Gasteiger partial charge on any atom is -0.493 e. The van der Waals surface area contributed by atoms with Crippen molar-refractivity contribution in [3.05, 3.63) is 23.8 Å². The van der Waals surface area contributed by atoms with E-state index in [1.807, 2.05) is 23.1 Å². The summed E-state index contributed by atoms with van der Waals surface area (Å²) in [5.41, 5.74) is 0.914. The van der Waals surface area contributed by atoms with Crippen LogP contribution in [0.1, 0.15) is 31.2 Å². The van der Waals surface area contributed by atoms with Crippen molar-refractivity contribution in [3.8, 4) is 11.5 Å². The second-order valence-electron chi connectivity index (χ2n) is 7.40. The second-order valence-corrected chi connectivity index (χ2v) is 7.40. The molecule has 1 atom stereocenters. The monoisotopic (exact) mass is 391 g/mol. The molecule has 1 unspecified atom stereocenters. The van der Waals surface area contributed by atoms with Gasteiger partial charge in [0.1, 0.15) is 0 Å². The summed E-state index contributed by atoms with van der Waals surface area (Å²) < 4.78 is 16.2. The Kier molecular flexibility index (Phi) is 7.80. The molecule has 28 heavy (non-hydrogen) atoms.